The fraction of sp³-hybridized carbons (Fsp3) is 0.375. The summed E-state index contributed by atoms with van der Waals surface area (Å²) in [4.78, 5) is 27.9. The van der Waals surface area contributed by atoms with Crippen LogP contribution in [0.5, 0.6) is 0 Å². The maximum absolute atomic E-state index is 13.6. The van der Waals surface area contributed by atoms with E-state index in [1.54, 1.807) is 23.1 Å². The van der Waals surface area contributed by atoms with Crippen molar-refractivity contribution in [3.8, 4) is 0 Å². The zero-order chi connectivity index (χ0) is 30.1. The van der Waals surface area contributed by atoms with E-state index >= 15 is 0 Å². The van der Waals surface area contributed by atoms with Crippen LogP contribution < -0.4 is 20.9 Å². The van der Waals surface area contributed by atoms with E-state index in [4.69, 9.17) is 0 Å². The molecule has 1 heterocycles. The summed E-state index contributed by atoms with van der Waals surface area (Å²) in [6, 6.07) is 19.0. The monoisotopic (exact) mass is 582 g/mol. The standard InChI is InChI=1S/C32H37F3N4O3/c1-2-37-26-17-24(18-27(19-26)39-14-7-6-13-30(39)41)31(42)38-28(16-22-9-4-3-5-10-22)29(40)21-36-20-23-11-8-12-25(15-23)32(33,34)35/h3-5,8-12,15,17-19,28-29,36-37,40H,2,6-7,13-14,16,20-21H2,1H3,(H,38,42). The lowest BCUT2D eigenvalue weighted by Gasteiger charge is -2.28. The molecule has 1 fully saturated rings. The van der Waals surface area contributed by atoms with Crippen molar-refractivity contribution in [3.05, 3.63) is 95.1 Å². The third-order valence-electron chi connectivity index (χ3n) is 7.21. The minimum atomic E-state index is -4.44. The largest absolute Gasteiger partial charge is 0.416 e. The van der Waals surface area contributed by atoms with E-state index in [1.165, 1.54) is 6.07 Å². The van der Waals surface area contributed by atoms with Crippen LogP contribution in [0.2, 0.25) is 0 Å². The van der Waals surface area contributed by atoms with Crippen molar-refractivity contribution in [1.82, 2.24) is 10.6 Å². The zero-order valence-corrected chi connectivity index (χ0v) is 23.6. The Morgan fingerprint density at radius 3 is 2.48 bits per heavy atom. The molecule has 2 atom stereocenters. The molecule has 0 aromatic heterocycles. The highest BCUT2D eigenvalue weighted by atomic mass is 19.4. The Hall–Kier alpha value is -3.89. The van der Waals surface area contributed by atoms with Crippen molar-refractivity contribution in [1.29, 1.82) is 0 Å². The molecule has 224 valence electrons. The molecule has 42 heavy (non-hydrogen) atoms. The average Bonchev–Trinajstić information content (AvgIpc) is 2.97. The minimum Gasteiger partial charge on any atom is -0.390 e. The van der Waals surface area contributed by atoms with Gasteiger partial charge in [-0.15, -0.1) is 0 Å². The third-order valence-corrected chi connectivity index (χ3v) is 7.21. The number of carbonyl (C=O) groups is 2. The number of rotatable bonds is 12. The van der Waals surface area contributed by atoms with Crippen molar-refractivity contribution < 1.29 is 27.9 Å². The van der Waals surface area contributed by atoms with Crippen LogP contribution in [0.15, 0.2) is 72.8 Å². The quantitative estimate of drug-likeness (QED) is 0.237. The summed E-state index contributed by atoms with van der Waals surface area (Å²) in [6.07, 6.45) is -2.95. The van der Waals surface area contributed by atoms with Gasteiger partial charge in [-0.05, 0) is 61.6 Å². The van der Waals surface area contributed by atoms with Gasteiger partial charge in [0.05, 0.1) is 17.7 Å². The van der Waals surface area contributed by atoms with Crippen LogP contribution in [0.3, 0.4) is 0 Å². The van der Waals surface area contributed by atoms with E-state index in [0.29, 0.717) is 48.4 Å². The predicted molar refractivity (Wildman–Crippen MR) is 157 cm³/mol. The summed E-state index contributed by atoms with van der Waals surface area (Å²) in [5.41, 5.74) is 2.31. The first-order valence-corrected chi connectivity index (χ1v) is 14.2. The molecule has 4 rings (SSSR count). The molecular weight excluding hydrogens is 545 g/mol. The Morgan fingerprint density at radius 2 is 1.76 bits per heavy atom. The highest BCUT2D eigenvalue weighted by Crippen LogP contribution is 2.30. The number of carbonyl (C=O) groups excluding carboxylic acids is 2. The Morgan fingerprint density at radius 1 is 1.00 bits per heavy atom. The molecule has 0 saturated carbocycles. The Labute approximate surface area is 244 Å². The van der Waals surface area contributed by atoms with E-state index in [0.717, 1.165) is 30.5 Å². The van der Waals surface area contributed by atoms with E-state index in [9.17, 15) is 27.9 Å². The fourth-order valence-corrected chi connectivity index (χ4v) is 5.05. The van der Waals surface area contributed by atoms with Crippen molar-refractivity contribution in [2.75, 3.05) is 29.9 Å². The van der Waals surface area contributed by atoms with Crippen LogP contribution >= 0.6 is 0 Å². The molecule has 4 N–H and O–H groups in total. The molecule has 1 aliphatic rings. The van der Waals surface area contributed by atoms with Crippen LogP contribution in [0.4, 0.5) is 24.5 Å². The maximum Gasteiger partial charge on any atom is 0.416 e. The number of alkyl halides is 3. The summed E-state index contributed by atoms with van der Waals surface area (Å²) >= 11 is 0. The van der Waals surface area contributed by atoms with Gasteiger partial charge in [0.25, 0.3) is 5.91 Å². The lowest BCUT2D eigenvalue weighted by Crippen LogP contribution is -2.48. The van der Waals surface area contributed by atoms with Crippen LogP contribution in [0.25, 0.3) is 0 Å². The molecular formula is C32H37F3N4O3. The van der Waals surface area contributed by atoms with Gasteiger partial charge in [-0.1, -0.05) is 48.5 Å². The number of aliphatic hydroxyl groups excluding tert-OH is 1. The van der Waals surface area contributed by atoms with Gasteiger partial charge in [0.15, 0.2) is 0 Å². The van der Waals surface area contributed by atoms with E-state index in [-0.39, 0.29) is 19.0 Å². The second-order valence-electron chi connectivity index (χ2n) is 10.5. The number of nitrogens with zero attached hydrogens (tertiary/aromatic N) is 1. The van der Waals surface area contributed by atoms with Gasteiger partial charge in [-0.3, -0.25) is 9.59 Å². The van der Waals surface area contributed by atoms with Crippen LogP contribution in [0.1, 0.15) is 53.2 Å². The molecule has 3 aromatic rings. The van der Waals surface area contributed by atoms with Gasteiger partial charge in [0.1, 0.15) is 0 Å². The van der Waals surface area contributed by atoms with E-state index in [1.807, 2.05) is 43.3 Å². The van der Waals surface area contributed by atoms with Crippen LogP contribution in [0, 0.1) is 0 Å². The van der Waals surface area contributed by atoms with E-state index in [2.05, 4.69) is 16.0 Å². The lowest BCUT2D eigenvalue weighted by atomic mass is 10.00. The van der Waals surface area contributed by atoms with Gasteiger partial charge in [-0.2, -0.15) is 13.2 Å². The highest BCUT2D eigenvalue weighted by molar-refractivity contribution is 5.99. The van der Waals surface area contributed by atoms with Gasteiger partial charge in [0.2, 0.25) is 5.91 Å². The number of piperidine rings is 1. The number of anilines is 2. The number of nitrogens with one attached hydrogen (secondary N) is 3. The van der Waals surface area contributed by atoms with Crippen molar-refractivity contribution >= 4 is 23.2 Å². The molecule has 1 saturated heterocycles. The van der Waals surface area contributed by atoms with E-state index < -0.39 is 29.8 Å². The number of amides is 2. The van der Waals surface area contributed by atoms with Crippen molar-refractivity contribution in [2.45, 2.75) is 57.5 Å². The number of hydrogen-bond acceptors (Lipinski definition) is 5. The topological polar surface area (TPSA) is 93.7 Å². The number of aliphatic hydroxyl groups is 1. The zero-order valence-electron chi connectivity index (χ0n) is 23.6. The predicted octanol–water partition coefficient (Wildman–Crippen LogP) is 5.15. The smallest absolute Gasteiger partial charge is 0.390 e. The molecule has 2 unspecified atom stereocenters. The van der Waals surface area contributed by atoms with Crippen molar-refractivity contribution in [3.63, 3.8) is 0 Å². The van der Waals surface area contributed by atoms with Gasteiger partial charge < -0.3 is 26.0 Å². The molecule has 2 amide bonds. The van der Waals surface area contributed by atoms with Gasteiger partial charge in [-0.25, -0.2) is 0 Å². The van der Waals surface area contributed by atoms with Gasteiger partial charge >= 0.3 is 6.18 Å². The third kappa shape index (κ3) is 8.56. The second-order valence-corrected chi connectivity index (χ2v) is 10.5. The Bertz CT molecular complexity index is 1350. The molecule has 1 aliphatic heterocycles. The first kappa shape index (κ1) is 31.1. The summed E-state index contributed by atoms with van der Waals surface area (Å²) < 4.78 is 39.3. The summed E-state index contributed by atoms with van der Waals surface area (Å²) in [6.45, 7) is 3.31. The average molecular weight is 583 g/mol. The molecule has 0 aliphatic carbocycles. The summed E-state index contributed by atoms with van der Waals surface area (Å²) in [5, 5.41) is 20.3. The SMILES string of the molecule is CCNc1cc(C(=O)NC(Cc2ccccc2)C(O)CNCc2cccc(C(F)(F)F)c2)cc(N2CCCCC2=O)c1. The summed E-state index contributed by atoms with van der Waals surface area (Å²) in [7, 11) is 0. The van der Waals surface area contributed by atoms with Crippen LogP contribution in [-0.2, 0) is 23.9 Å². The normalized spacial score (nSPS) is 15.3. The maximum atomic E-state index is 13.6. The molecule has 10 heteroatoms. The molecule has 0 bridgehead atoms. The van der Waals surface area contributed by atoms with Gasteiger partial charge in [0, 0.05) is 49.5 Å². The first-order chi connectivity index (χ1) is 20.1. The molecule has 0 radical (unpaired) electrons. The lowest BCUT2D eigenvalue weighted by molar-refractivity contribution is -0.137. The number of halogens is 3. The number of benzene rings is 3. The summed E-state index contributed by atoms with van der Waals surface area (Å²) in [5.74, 6) is -0.385. The number of hydrogen-bond donors (Lipinski definition) is 4. The first-order valence-electron chi connectivity index (χ1n) is 14.2. The Balaban J connectivity index is 1.50. The minimum absolute atomic E-state index is 0.0190. The second kappa shape index (κ2) is 14.3. The van der Waals surface area contributed by atoms with Crippen LogP contribution in [-0.4, -0.2) is 48.7 Å². The molecule has 7 nitrogen and oxygen atoms in total. The Kier molecular flexibility index (Phi) is 10.6. The highest BCUT2D eigenvalue weighted by Gasteiger charge is 2.30. The fourth-order valence-electron chi connectivity index (χ4n) is 5.05. The molecule has 0 spiro atoms. The van der Waals surface area contributed by atoms with Crippen molar-refractivity contribution in [2.24, 2.45) is 0 Å². The molecule has 3 aromatic carbocycles.